The van der Waals surface area contributed by atoms with Crippen LogP contribution in [0.25, 0.3) is 0 Å². The maximum Gasteiger partial charge on any atom is 0.340 e. The summed E-state index contributed by atoms with van der Waals surface area (Å²) < 4.78 is 5.87. The molecule has 0 bridgehead atoms. The number of aryl methyl sites for hydroxylation is 1. The quantitative estimate of drug-likeness (QED) is 0.521. The molecule has 1 aromatic rings. The standard InChI is InChI=1S/C15H26N4O3/c1-11(22-12-7-4-2-3-5-8-12)14(20)16-10-6-9-13-17-15(21)19-18-13/h11-12H,2-10H2,1H3,(H,16,20)(H2,17,18,19,21)/t11-/m0/s1. The van der Waals surface area contributed by atoms with E-state index < -0.39 is 6.10 Å². The van der Waals surface area contributed by atoms with Gasteiger partial charge in [0.25, 0.3) is 0 Å². The molecule has 0 spiro atoms. The molecule has 22 heavy (non-hydrogen) atoms. The number of hydrogen-bond acceptors (Lipinski definition) is 4. The largest absolute Gasteiger partial charge is 0.365 e. The lowest BCUT2D eigenvalue weighted by molar-refractivity contribution is -0.135. The van der Waals surface area contributed by atoms with Gasteiger partial charge in [-0.05, 0) is 26.2 Å². The summed E-state index contributed by atoms with van der Waals surface area (Å²) in [6.07, 6.45) is 8.21. The molecule has 1 atom stereocenters. The van der Waals surface area contributed by atoms with Crippen LogP contribution in [-0.2, 0) is 16.0 Å². The third kappa shape index (κ3) is 5.63. The average Bonchev–Trinajstić information content (AvgIpc) is 2.74. The summed E-state index contributed by atoms with van der Waals surface area (Å²) in [5.74, 6) is 0.543. The van der Waals surface area contributed by atoms with Crippen LogP contribution in [0.5, 0.6) is 0 Å². The van der Waals surface area contributed by atoms with Crippen LogP contribution >= 0.6 is 0 Å². The van der Waals surface area contributed by atoms with Gasteiger partial charge in [-0.25, -0.2) is 9.89 Å². The maximum absolute atomic E-state index is 12.0. The minimum Gasteiger partial charge on any atom is -0.365 e. The van der Waals surface area contributed by atoms with Gasteiger partial charge in [-0.2, -0.15) is 5.10 Å². The van der Waals surface area contributed by atoms with Gasteiger partial charge in [0.2, 0.25) is 5.91 Å². The van der Waals surface area contributed by atoms with Gasteiger partial charge in [0.15, 0.2) is 0 Å². The van der Waals surface area contributed by atoms with Crippen molar-refractivity contribution in [1.82, 2.24) is 20.5 Å². The van der Waals surface area contributed by atoms with Crippen molar-refractivity contribution in [1.29, 1.82) is 0 Å². The van der Waals surface area contributed by atoms with E-state index in [9.17, 15) is 9.59 Å². The third-order valence-electron chi connectivity index (χ3n) is 4.01. The Morgan fingerprint density at radius 3 is 2.73 bits per heavy atom. The molecule has 7 heteroatoms. The van der Waals surface area contributed by atoms with Crippen LogP contribution in [-0.4, -0.2) is 39.8 Å². The smallest absolute Gasteiger partial charge is 0.340 e. The van der Waals surface area contributed by atoms with Crippen molar-refractivity contribution in [2.45, 2.75) is 70.5 Å². The highest BCUT2D eigenvalue weighted by molar-refractivity contribution is 5.80. The van der Waals surface area contributed by atoms with Gasteiger partial charge in [-0.15, -0.1) is 0 Å². The second kappa shape index (κ2) is 8.73. The first-order valence-electron chi connectivity index (χ1n) is 8.22. The minimum absolute atomic E-state index is 0.0697. The number of carbonyl (C=O) groups is 1. The predicted octanol–water partition coefficient (Wildman–Crippen LogP) is 1.27. The van der Waals surface area contributed by atoms with Crippen LogP contribution in [0.3, 0.4) is 0 Å². The SMILES string of the molecule is C[C@H](OC1CCCCCC1)C(=O)NCCCc1n[nH]c(=O)[nH]1. The molecule has 1 amide bonds. The van der Waals surface area contributed by atoms with E-state index in [2.05, 4.69) is 20.5 Å². The summed E-state index contributed by atoms with van der Waals surface area (Å²) in [6.45, 7) is 2.36. The molecule has 124 valence electrons. The van der Waals surface area contributed by atoms with Gasteiger partial charge in [0.05, 0.1) is 6.10 Å². The van der Waals surface area contributed by atoms with Crippen LogP contribution in [0.4, 0.5) is 0 Å². The molecule has 2 rings (SSSR count). The summed E-state index contributed by atoms with van der Waals surface area (Å²) in [5, 5.41) is 9.01. The molecule has 0 unspecified atom stereocenters. The predicted molar refractivity (Wildman–Crippen MR) is 82.6 cm³/mol. The van der Waals surface area contributed by atoms with E-state index in [0.717, 1.165) is 19.3 Å². The number of H-pyrrole nitrogens is 2. The molecule has 1 aliphatic rings. The van der Waals surface area contributed by atoms with E-state index in [1.54, 1.807) is 0 Å². The molecule has 1 fully saturated rings. The van der Waals surface area contributed by atoms with Crippen LogP contribution in [0.2, 0.25) is 0 Å². The maximum atomic E-state index is 12.0. The Kier molecular flexibility index (Phi) is 6.64. The fourth-order valence-electron chi connectivity index (χ4n) is 2.76. The lowest BCUT2D eigenvalue weighted by Crippen LogP contribution is -2.37. The number of rotatable bonds is 7. The zero-order valence-corrected chi connectivity index (χ0v) is 13.2. The zero-order valence-electron chi connectivity index (χ0n) is 13.2. The number of nitrogens with zero attached hydrogens (tertiary/aromatic N) is 1. The van der Waals surface area contributed by atoms with E-state index in [0.29, 0.717) is 18.8 Å². The van der Waals surface area contributed by atoms with E-state index in [-0.39, 0.29) is 17.7 Å². The van der Waals surface area contributed by atoms with Gasteiger partial charge in [-0.3, -0.25) is 9.78 Å². The Morgan fingerprint density at radius 2 is 2.09 bits per heavy atom. The van der Waals surface area contributed by atoms with Crippen molar-refractivity contribution < 1.29 is 9.53 Å². The van der Waals surface area contributed by atoms with Crippen LogP contribution in [0.15, 0.2) is 4.79 Å². The molecule has 3 N–H and O–H groups in total. The second-order valence-corrected chi connectivity index (χ2v) is 5.91. The minimum atomic E-state index is -0.409. The number of carbonyl (C=O) groups excluding carboxylic acids is 1. The van der Waals surface area contributed by atoms with E-state index in [1.807, 2.05) is 6.92 Å². The van der Waals surface area contributed by atoms with Gasteiger partial charge in [0, 0.05) is 13.0 Å². The molecule has 1 aliphatic carbocycles. The number of ether oxygens (including phenoxy) is 1. The first kappa shape index (κ1) is 16.7. The molecule has 0 aromatic carbocycles. The molecule has 1 saturated carbocycles. The molecular weight excluding hydrogens is 284 g/mol. The summed E-state index contributed by atoms with van der Waals surface area (Å²) in [5.41, 5.74) is -0.301. The lowest BCUT2D eigenvalue weighted by Gasteiger charge is -2.20. The highest BCUT2D eigenvalue weighted by Crippen LogP contribution is 2.20. The fourth-order valence-corrected chi connectivity index (χ4v) is 2.76. The Hall–Kier alpha value is -1.63. The van der Waals surface area contributed by atoms with Gasteiger partial charge in [0.1, 0.15) is 11.9 Å². The molecule has 0 radical (unpaired) electrons. The van der Waals surface area contributed by atoms with E-state index >= 15 is 0 Å². The van der Waals surface area contributed by atoms with Gasteiger partial charge < -0.3 is 10.1 Å². The van der Waals surface area contributed by atoms with E-state index in [4.69, 9.17) is 4.74 Å². The highest BCUT2D eigenvalue weighted by Gasteiger charge is 2.20. The van der Waals surface area contributed by atoms with Crippen molar-refractivity contribution in [3.05, 3.63) is 16.3 Å². The topological polar surface area (TPSA) is 99.9 Å². The number of amides is 1. The Balaban J connectivity index is 1.62. The normalized spacial score (nSPS) is 17.9. The number of aromatic nitrogens is 3. The summed E-state index contributed by atoms with van der Waals surface area (Å²) in [6, 6.07) is 0. The molecule has 1 aromatic heterocycles. The van der Waals surface area contributed by atoms with Crippen molar-refractivity contribution >= 4 is 5.91 Å². The fraction of sp³-hybridized carbons (Fsp3) is 0.800. The summed E-state index contributed by atoms with van der Waals surface area (Å²) in [4.78, 5) is 25.5. The number of hydrogen-bond donors (Lipinski definition) is 3. The van der Waals surface area contributed by atoms with Crippen molar-refractivity contribution in [3.8, 4) is 0 Å². The van der Waals surface area contributed by atoms with Crippen molar-refractivity contribution in [3.63, 3.8) is 0 Å². The summed E-state index contributed by atoms with van der Waals surface area (Å²) in [7, 11) is 0. The Bertz CT molecular complexity index is 503. The van der Waals surface area contributed by atoms with Crippen LogP contribution in [0, 0.1) is 0 Å². The van der Waals surface area contributed by atoms with Gasteiger partial charge >= 0.3 is 5.69 Å². The monoisotopic (exact) mass is 310 g/mol. The number of nitrogens with one attached hydrogen (secondary N) is 3. The Morgan fingerprint density at radius 1 is 1.36 bits per heavy atom. The molecular formula is C15H26N4O3. The van der Waals surface area contributed by atoms with Gasteiger partial charge in [-0.1, -0.05) is 25.7 Å². The molecule has 7 nitrogen and oxygen atoms in total. The first-order valence-corrected chi connectivity index (χ1v) is 8.22. The molecule has 0 saturated heterocycles. The summed E-state index contributed by atoms with van der Waals surface area (Å²) >= 11 is 0. The zero-order chi connectivity index (χ0) is 15.8. The van der Waals surface area contributed by atoms with E-state index in [1.165, 1.54) is 25.7 Å². The molecule has 1 heterocycles. The van der Waals surface area contributed by atoms with Crippen molar-refractivity contribution in [2.75, 3.05) is 6.54 Å². The average molecular weight is 310 g/mol. The van der Waals surface area contributed by atoms with Crippen LogP contribution < -0.4 is 11.0 Å². The lowest BCUT2D eigenvalue weighted by atomic mass is 10.1. The Labute approximate surface area is 130 Å². The van der Waals surface area contributed by atoms with Crippen LogP contribution in [0.1, 0.15) is 57.7 Å². The molecule has 0 aliphatic heterocycles. The number of aromatic amines is 2. The third-order valence-corrected chi connectivity index (χ3v) is 4.01. The second-order valence-electron chi connectivity index (χ2n) is 5.91. The van der Waals surface area contributed by atoms with Crippen molar-refractivity contribution in [2.24, 2.45) is 0 Å². The highest BCUT2D eigenvalue weighted by atomic mass is 16.5. The first-order chi connectivity index (χ1) is 10.6.